The molecule has 21 heavy (non-hydrogen) atoms. The number of hydrogen-bond donors (Lipinski definition) is 0. The molecule has 3 atom stereocenters. The first-order chi connectivity index (χ1) is 9.90. The number of hydrogen-bond acceptors (Lipinski definition) is 3. The van der Waals surface area contributed by atoms with Crippen molar-refractivity contribution in [2.45, 2.75) is 44.8 Å². The zero-order valence-electron chi connectivity index (χ0n) is 13.3. The Bertz CT molecular complexity index is 601. The average Bonchev–Trinajstić information content (AvgIpc) is 2.45. The second-order valence-electron chi connectivity index (χ2n) is 5.69. The average molecular weight is 298 g/mol. The molecule has 0 amide bonds. The van der Waals surface area contributed by atoms with E-state index in [0.29, 0.717) is 28.2 Å². The lowest BCUT2D eigenvalue weighted by molar-refractivity contribution is 0.455. The Balaban J connectivity index is 2.95. The van der Waals surface area contributed by atoms with Gasteiger partial charge in [0.05, 0.1) is 11.1 Å². The maximum Gasteiger partial charge on any atom is 0.102 e. The fourth-order valence-corrected chi connectivity index (χ4v) is 3.54. The van der Waals surface area contributed by atoms with Gasteiger partial charge in [0.2, 0.25) is 0 Å². The van der Waals surface area contributed by atoms with E-state index in [9.17, 15) is 5.26 Å². The summed E-state index contributed by atoms with van der Waals surface area (Å²) in [4.78, 5) is 0.903. The minimum atomic E-state index is 0.372. The lowest BCUT2D eigenvalue weighted by atomic mass is 9.92. The Morgan fingerprint density at radius 2 is 1.81 bits per heavy atom. The number of rotatable bonds is 5. The van der Waals surface area contributed by atoms with Gasteiger partial charge in [-0.3, -0.25) is 0 Å². The third-order valence-electron chi connectivity index (χ3n) is 3.74. The van der Waals surface area contributed by atoms with Crippen LogP contribution >= 0.6 is 11.8 Å². The fraction of sp³-hybridized carbons (Fsp3) is 0.444. The highest BCUT2D eigenvalue weighted by Crippen LogP contribution is 2.34. The van der Waals surface area contributed by atoms with Crippen LogP contribution < -0.4 is 0 Å². The van der Waals surface area contributed by atoms with Crippen molar-refractivity contribution < 1.29 is 0 Å². The highest BCUT2D eigenvalue weighted by Gasteiger charge is 2.20. The molecule has 2 nitrogen and oxygen atoms in total. The largest absolute Gasteiger partial charge is 0.192 e. The Kier molecular flexibility index (Phi) is 6.53. The van der Waals surface area contributed by atoms with Crippen LogP contribution in [0.2, 0.25) is 0 Å². The van der Waals surface area contributed by atoms with Crippen molar-refractivity contribution >= 4 is 11.8 Å². The van der Waals surface area contributed by atoms with Crippen LogP contribution in [0.5, 0.6) is 0 Å². The Morgan fingerprint density at radius 3 is 2.33 bits per heavy atom. The Labute approximate surface area is 132 Å². The van der Waals surface area contributed by atoms with Crippen LogP contribution in [0.25, 0.3) is 0 Å². The smallest absolute Gasteiger partial charge is 0.102 e. The predicted molar refractivity (Wildman–Crippen MR) is 89.0 cm³/mol. The van der Waals surface area contributed by atoms with Gasteiger partial charge >= 0.3 is 0 Å². The molecule has 0 spiro atoms. The molecule has 0 aliphatic carbocycles. The van der Waals surface area contributed by atoms with Gasteiger partial charge in [-0.1, -0.05) is 38.5 Å². The number of nitrogens with zero attached hydrogens (tertiary/aromatic N) is 2. The van der Waals surface area contributed by atoms with Gasteiger partial charge in [0, 0.05) is 10.1 Å². The minimum absolute atomic E-state index is 0.372. The number of nitriles is 2. The van der Waals surface area contributed by atoms with Gasteiger partial charge in [-0.05, 0) is 37.8 Å². The third kappa shape index (κ3) is 4.66. The van der Waals surface area contributed by atoms with Crippen LogP contribution in [0.3, 0.4) is 0 Å². The van der Waals surface area contributed by atoms with Crippen LogP contribution in [0.1, 0.15) is 45.7 Å². The van der Waals surface area contributed by atoms with Gasteiger partial charge in [0.25, 0.3) is 0 Å². The van der Waals surface area contributed by atoms with Crippen molar-refractivity contribution in [3.63, 3.8) is 0 Å². The van der Waals surface area contributed by atoms with Crippen LogP contribution in [0, 0.1) is 34.5 Å². The first-order valence-electron chi connectivity index (χ1n) is 7.15. The van der Waals surface area contributed by atoms with E-state index in [1.807, 2.05) is 12.1 Å². The summed E-state index contributed by atoms with van der Waals surface area (Å²) in [7, 11) is 0. The van der Waals surface area contributed by atoms with E-state index in [0.717, 1.165) is 4.90 Å². The summed E-state index contributed by atoms with van der Waals surface area (Å²) in [5.41, 5.74) is 2.29. The van der Waals surface area contributed by atoms with Gasteiger partial charge in [-0.15, -0.1) is 11.8 Å². The van der Waals surface area contributed by atoms with Crippen molar-refractivity contribution in [3.05, 3.63) is 41.0 Å². The Morgan fingerprint density at radius 1 is 1.14 bits per heavy atom. The second kappa shape index (κ2) is 7.91. The standard InChI is InChI=1S/C18H22N2S/c1-12(2)9-13(3)14(4)15(5)21-18-8-6-7-16(10-19)17(18)11-20/h6-9,13-15H,1-5H3. The highest BCUT2D eigenvalue weighted by atomic mass is 32.2. The van der Waals surface area contributed by atoms with Gasteiger partial charge in [-0.25, -0.2) is 0 Å². The van der Waals surface area contributed by atoms with Crippen LogP contribution in [-0.2, 0) is 0 Å². The van der Waals surface area contributed by atoms with Gasteiger partial charge in [0.1, 0.15) is 12.1 Å². The topological polar surface area (TPSA) is 47.6 Å². The van der Waals surface area contributed by atoms with E-state index >= 15 is 0 Å². The SMILES string of the molecule is CC(C)=CC(C)C(C)C(C)Sc1cccc(C#N)c1C#N. The van der Waals surface area contributed by atoms with E-state index in [2.05, 4.69) is 52.8 Å². The van der Waals surface area contributed by atoms with E-state index in [1.165, 1.54) is 5.57 Å². The minimum Gasteiger partial charge on any atom is -0.192 e. The van der Waals surface area contributed by atoms with E-state index in [1.54, 1.807) is 17.8 Å². The molecular weight excluding hydrogens is 276 g/mol. The zero-order chi connectivity index (χ0) is 16.0. The summed E-state index contributed by atoms with van der Waals surface area (Å²) in [6, 6.07) is 9.73. The molecule has 0 heterocycles. The summed E-state index contributed by atoms with van der Waals surface area (Å²) < 4.78 is 0. The molecule has 0 fully saturated rings. The molecule has 0 aliphatic rings. The van der Waals surface area contributed by atoms with Gasteiger partial charge < -0.3 is 0 Å². The molecule has 0 saturated carbocycles. The predicted octanol–water partition coefficient (Wildman–Crippen LogP) is 5.15. The molecule has 0 aromatic heterocycles. The lowest BCUT2D eigenvalue weighted by Gasteiger charge is -2.24. The normalized spacial score (nSPS) is 14.4. The van der Waals surface area contributed by atoms with Crippen molar-refractivity contribution in [2.24, 2.45) is 11.8 Å². The summed E-state index contributed by atoms with van der Waals surface area (Å²) >= 11 is 1.68. The zero-order valence-corrected chi connectivity index (χ0v) is 14.2. The lowest BCUT2D eigenvalue weighted by Crippen LogP contribution is -2.17. The van der Waals surface area contributed by atoms with E-state index in [4.69, 9.17) is 5.26 Å². The molecule has 0 N–H and O–H groups in total. The number of thioether (sulfide) groups is 1. The molecule has 1 aromatic rings. The maximum atomic E-state index is 9.29. The number of benzene rings is 1. The van der Waals surface area contributed by atoms with Crippen LogP contribution in [0.4, 0.5) is 0 Å². The quantitative estimate of drug-likeness (QED) is 0.558. The molecule has 3 unspecified atom stereocenters. The summed E-state index contributed by atoms with van der Waals surface area (Å²) in [6.07, 6.45) is 2.29. The molecule has 3 heteroatoms. The first-order valence-corrected chi connectivity index (χ1v) is 8.03. The molecule has 0 radical (unpaired) electrons. The first kappa shape index (κ1) is 17.3. The highest BCUT2D eigenvalue weighted by molar-refractivity contribution is 8.00. The second-order valence-corrected chi connectivity index (χ2v) is 7.11. The fourth-order valence-electron chi connectivity index (χ4n) is 2.25. The van der Waals surface area contributed by atoms with Crippen molar-refractivity contribution in [1.82, 2.24) is 0 Å². The van der Waals surface area contributed by atoms with Crippen molar-refractivity contribution in [1.29, 1.82) is 10.5 Å². The van der Waals surface area contributed by atoms with Crippen LogP contribution in [0.15, 0.2) is 34.7 Å². The van der Waals surface area contributed by atoms with E-state index < -0.39 is 0 Å². The molecule has 1 rings (SSSR count). The van der Waals surface area contributed by atoms with Crippen molar-refractivity contribution in [3.8, 4) is 12.1 Å². The van der Waals surface area contributed by atoms with E-state index in [-0.39, 0.29) is 0 Å². The monoisotopic (exact) mass is 298 g/mol. The Hall–Kier alpha value is -1.71. The summed E-state index contributed by atoms with van der Waals surface area (Å²) in [5, 5.41) is 18.7. The molecule has 1 aromatic carbocycles. The third-order valence-corrected chi connectivity index (χ3v) is 5.13. The summed E-state index contributed by atoms with van der Waals surface area (Å²) in [6.45, 7) is 10.9. The van der Waals surface area contributed by atoms with Crippen molar-refractivity contribution in [2.75, 3.05) is 0 Å². The molecule has 0 saturated heterocycles. The molecule has 110 valence electrons. The molecular formula is C18H22N2S. The molecule has 0 bridgehead atoms. The number of allylic oxidation sites excluding steroid dienone is 2. The van der Waals surface area contributed by atoms with Gasteiger partial charge in [0.15, 0.2) is 0 Å². The summed E-state index contributed by atoms with van der Waals surface area (Å²) in [5.74, 6) is 0.976. The maximum absolute atomic E-state index is 9.29. The van der Waals surface area contributed by atoms with Gasteiger partial charge in [-0.2, -0.15) is 10.5 Å². The van der Waals surface area contributed by atoms with Crippen LogP contribution in [-0.4, -0.2) is 5.25 Å². The molecule has 0 aliphatic heterocycles.